The van der Waals surface area contributed by atoms with Gasteiger partial charge in [-0.15, -0.1) is 0 Å². The van der Waals surface area contributed by atoms with Crippen LogP contribution in [0.1, 0.15) is 25.0 Å². The van der Waals surface area contributed by atoms with Gasteiger partial charge in [0.1, 0.15) is 11.8 Å². The normalized spacial score (nSPS) is 11.6. The first-order valence-corrected chi connectivity index (χ1v) is 8.27. The van der Waals surface area contributed by atoms with E-state index in [1.54, 1.807) is 24.3 Å². The number of hydrogen-bond acceptors (Lipinski definition) is 4. The van der Waals surface area contributed by atoms with Crippen molar-refractivity contribution in [2.75, 3.05) is 19.0 Å². The zero-order valence-electron chi connectivity index (χ0n) is 14.8. The molecule has 0 aliphatic rings. The highest BCUT2D eigenvalue weighted by Gasteiger charge is 2.19. The number of para-hydroxylation sites is 1. The largest absolute Gasteiger partial charge is 0.494 e. The fourth-order valence-electron chi connectivity index (χ4n) is 2.41. The molecule has 5 nitrogen and oxygen atoms in total. The Labute approximate surface area is 148 Å². The zero-order chi connectivity index (χ0) is 18.2. The van der Waals surface area contributed by atoms with Crippen molar-refractivity contribution >= 4 is 11.6 Å². The average molecular weight is 337 g/mol. The molecule has 0 radical (unpaired) electrons. The van der Waals surface area contributed by atoms with E-state index in [4.69, 9.17) is 10.00 Å². The number of ether oxygens (including phenoxy) is 1. The van der Waals surface area contributed by atoms with Gasteiger partial charge in [0.05, 0.1) is 23.9 Å². The third-order valence-electron chi connectivity index (χ3n) is 4.01. The Morgan fingerprint density at radius 2 is 1.92 bits per heavy atom. The van der Waals surface area contributed by atoms with Crippen LogP contribution in [0.15, 0.2) is 48.5 Å². The van der Waals surface area contributed by atoms with Crippen LogP contribution in [0, 0.1) is 11.3 Å². The zero-order valence-corrected chi connectivity index (χ0v) is 14.8. The topological polar surface area (TPSA) is 65.4 Å². The van der Waals surface area contributed by atoms with Crippen LogP contribution in [-0.2, 0) is 11.3 Å². The van der Waals surface area contributed by atoms with Crippen LogP contribution in [0.3, 0.4) is 0 Å². The molecule has 2 aromatic carbocycles. The van der Waals surface area contributed by atoms with Gasteiger partial charge in [0, 0.05) is 6.54 Å². The summed E-state index contributed by atoms with van der Waals surface area (Å²) in [6.07, 6.45) is 0. The van der Waals surface area contributed by atoms with Crippen LogP contribution in [0.2, 0.25) is 0 Å². The van der Waals surface area contributed by atoms with Gasteiger partial charge in [0.2, 0.25) is 5.91 Å². The second-order valence-electron chi connectivity index (χ2n) is 5.81. The summed E-state index contributed by atoms with van der Waals surface area (Å²) >= 11 is 0. The molecule has 0 saturated carbocycles. The Balaban J connectivity index is 1.97. The van der Waals surface area contributed by atoms with E-state index in [2.05, 4.69) is 11.4 Å². The molecule has 1 N–H and O–H groups in total. The van der Waals surface area contributed by atoms with E-state index < -0.39 is 0 Å². The molecular formula is C20H23N3O2. The molecule has 0 spiro atoms. The molecule has 0 aromatic heterocycles. The molecule has 130 valence electrons. The van der Waals surface area contributed by atoms with E-state index in [1.165, 1.54) is 0 Å². The summed E-state index contributed by atoms with van der Waals surface area (Å²) in [5.74, 6) is 0.698. The standard InChI is InChI=1S/C20H23N3O2/c1-4-25-18-11-9-16(10-12-18)14-23(3)15(2)20(24)22-19-8-6-5-7-17(19)13-21/h5-12,15H,4,14H2,1-3H3,(H,22,24). The third-order valence-corrected chi connectivity index (χ3v) is 4.01. The van der Waals surface area contributed by atoms with Crippen LogP contribution in [-0.4, -0.2) is 30.5 Å². The molecule has 1 amide bonds. The number of anilines is 1. The molecule has 0 fully saturated rings. The van der Waals surface area contributed by atoms with Crippen molar-refractivity contribution < 1.29 is 9.53 Å². The van der Waals surface area contributed by atoms with E-state index in [1.807, 2.05) is 50.1 Å². The molecule has 0 aliphatic heterocycles. The molecule has 2 rings (SSSR count). The van der Waals surface area contributed by atoms with Crippen molar-refractivity contribution in [1.29, 1.82) is 5.26 Å². The highest BCUT2D eigenvalue weighted by Crippen LogP contribution is 2.16. The molecule has 1 atom stereocenters. The third kappa shape index (κ3) is 5.07. The van der Waals surface area contributed by atoms with Gasteiger partial charge in [-0.3, -0.25) is 9.69 Å². The number of rotatable bonds is 7. The first-order valence-electron chi connectivity index (χ1n) is 8.27. The van der Waals surface area contributed by atoms with E-state index >= 15 is 0 Å². The minimum atomic E-state index is -0.335. The maximum Gasteiger partial charge on any atom is 0.241 e. The monoisotopic (exact) mass is 337 g/mol. The van der Waals surface area contributed by atoms with Crippen molar-refractivity contribution in [3.05, 3.63) is 59.7 Å². The Kier molecular flexibility index (Phi) is 6.55. The summed E-state index contributed by atoms with van der Waals surface area (Å²) in [6, 6.07) is 16.6. The fraction of sp³-hybridized carbons (Fsp3) is 0.300. The Hall–Kier alpha value is -2.84. The Bertz CT molecular complexity index is 750. The minimum absolute atomic E-state index is 0.142. The lowest BCUT2D eigenvalue weighted by atomic mass is 10.1. The van der Waals surface area contributed by atoms with Gasteiger partial charge in [-0.25, -0.2) is 0 Å². The van der Waals surface area contributed by atoms with Gasteiger partial charge in [-0.1, -0.05) is 24.3 Å². The van der Waals surface area contributed by atoms with Crippen molar-refractivity contribution in [2.45, 2.75) is 26.4 Å². The molecular weight excluding hydrogens is 314 g/mol. The van der Waals surface area contributed by atoms with Crippen LogP contribution >= 0.6 is 0 Å². The molecule has 0 heterocycles. The van der Waals surface area contributed by atoms with Gasteiger partial charge < -0.3 is 10.1 Å². The van der Waals surface area contributed by atoms with Crippen molar-refractivity contribution in [3.63, 3.8) is 0 Å². The number of nitrogens with one attached hydrogen (secondary N) is 1. The summed E-state index contributed by atoms with van der Waals surface area (Å²) in [5.41, 5.74) is 2.09. The van der Waals surface area contributed by atoms with E-state index in [0.717, 1.165) is 11.3 Å². The van der Waals surface area contributed by atoms with Crippen LogP contribution in [0.25, 0.3) is 0 Å². The first kappa shape index (κ1) is 18.5. The van der Waals surface area contributed by atoms with Crippen LogP contribution in [0.4, 0.5) is 5.69 Å². The Morgan fingerprint density at radius 1 is 1.24 bits per heavy atom. The maximum absolute atomic E-state index is 12.5. The van der Waals surface area contributed by atoms with Crippen molar-refractivity contribution in [3.8, 4) is 11.8 Å². The second-order valence-corrected chi connectivity index (χ2v) is 5.81. The molecule has 0 bridgehead atoms. The van der Waals surface area contributed by atoms with E-state index in [-0.39, 0.29) is 11.9 Å². The van der Waals surface area contributed by atoms with Gasteiger partial charge in [-0.2, -0.15) is 5.26 Å². The molecule has 1 unspecified atom stereocenters. The molecule has 5 heteroatoms. The molecule has 2 aromatic rings. The highest BCUT2D eigenvalue weighted by molar-refractivity contribution is 5.95. The van der Waals surface area contributed by atoms with Crippen molar-refractivity contribution in [2.24, 2.45) is 0 Å². The van der Waals surface area contributed by atoms with E-state index in [0.29, 0.717) is 24.4 Å². The predicted octanol–water partition coefficient (Wildman–Crippen LogP) is 3.42. The number of nitrogens with zero attached hydrogens (tertiary/aromatic N) is 2. The summed E-state index contributed by atoms with van der Waals surface area (Å²) < 4.78 is 5.44. The van der Waals surface area contributed by atoms with Gasteiger partial charge in [0.15, 0.2) is 0 Å². The summed E-state index contributed by atoms with van der Waals surface area (Å²) in [7, 11) is 1.90. The number of likely N-dealkylation sites (N-methyl/N-ethyl adjacent to an activating group) is 1. The summed E-state index contributed by atoms with van der Waals surface area (Å²) in [6.45, 7) is 5.08. The number of hydrogen-bond donors (Lipinski definition) is 1. The smallest absolute Gasteiger partial charge is 0.241 e. The lowest BCUT2D eigenvalue weighted by Gasteiger charge is -2.24. The van der Waals surface area contributed by atoms with Crippen LogP contribution in [0.5, 0.6) is 5.75 Å². The average Bonchev–Trinajstić information content (AvgIpc) is 2.63. The van der Waals surface area contributed by atoms with Gasteiger partial charge >= 0.3 is 0 Å². The number of nitriles is 1. The molecule has 0 saturated heterocycles. The van der Waals surface area contributed by atoms with Crippen molar-refractivity contribution in [1.82, 2.24) is 4.90 Å². The van der Waals surface area contributed by atoms with E-state index in [9.17, 15) is 4.79 Å². The molecule has 0 aliphatic carbocycles. The summed E-state index contributed by atoms with van der Waals surface area (Å²) in [4.78, 5) is 14.4. The Morgan fingerprint density at radius 3 is 2.56 bits per heavy atom. The summed E-state index contributed by atoms with van der Waals surface area (Å²) in [5, 5.41) is 11.9. The van der Waals surface area contributed by atoms with Crippen LogP contribution < -0.4 is 10.1 Å². The van der Waals surface area contributed by atoms with Gasteiger partial charge in [-0.05, 0) is 50.7 Å². The number of benzene rings is 2. The highest BCUT2D eigenvalue weighted by atomic mass is 16.5. The number of amides is 1. The first-order chi connectivity index (χ1) is 12.0. The molecule has 25 heavy (non-hydrogen) atoms. The lowest BCUT2D eigenvalue weighted by Crippen LogP contribution is -2.39. The maximum atomic E-state index is 12.5. The predicted molar refractivity (Wildman–Crippen MR) is 98.3 cm³/mol. The number of carbonyl (C=O) groups is 1. The second kappa shape index (κ2) is 8.86. The fourth-order valence-corrected chi connectivity index (χ4v) is 2.41. The lowest BCUT2D eigenvalue weighted by molar-refractivity contribution is -0.120. The quantitative estimate of drug-likeness (QED) is 0.841. The number of carbonyl (C=O) groups excluding carboxylic acids is 1. The minimum Gasteiger partial charge on any atom is -0.494 e. The SMILES string of the molecule is CCOc1ccc(CN(C)C(C)C(=O)Nc2ccccc2C#N)cc1. The van der Waals surface area contributed by atoms with Gasteiger partial charge in [0.25, 0.3) is 0 Å².